The van der Waals surface area contributed by atoms with Crippen LogP contribution < -0.4 is 39.4 Å². The van der Waals surface area contributed by atoms with E-state index < -0.39 is 5.97 Å². The molecule has 3 rings (SSSR count). The van der Waals surface area contributed by atoms with Crippen LogP contribution in [0.2, 0.25) is 0 Å². The van der Waals surface area contributed by atoms with E-state index in [1.165, 1.54) is 24.3 Å². The molecular formula is C18H14NNaO4. The minimum absolute atomic E-state index is 0. The zero-order valence-electron chi connectivity index (χ0n) is 13.7. The predicted molar refractivity (Wildman–Crippen MR) is 82.9 cm³/mol. The van der Waals surface area contributed by atoms with Gasteiger partial charge < -0.3 is 19.0 Å². The molecule has 0 unspecified atom stereocenters. The molecule has 2 aromatic heterocycles. The number of hydrogen-bond acceptors (Lipinski definition) is 4. The van der Waals surface area contributed by atoms with Crippen molar-refractivity contribution in [1.82, 2.24) is 4.40 Å². The Bertz CT molecular complexity index is 913. The zero-order chi connectivity index (χ0) is 16.6. The first-order valence-corrected chi connectivity index (χ1v) is 7.04. The number of aromatic carboxylic acids is 1. The fourth-order valence-electron chi connectivity index (χ4n) is 2.74. The SMILES string of the molecule is COc1c(C)c(C(=O)c2ccc(C(=O)[O-])cc2)n2ccccc12.[Na+]. The number of benzene rings is 1. The standard InChI is InChI=1S/C18H15NO4.Na/c1-11-15(19-10-4-3-5-14(19)17(11)23-2)16(20)12-6-8-13(9-7-12)18(21)22;/h3-10H,1-2H3,(H,21,22);/q;+1/p-1. The molecule has 0 aliphatic rings. The van der Waals surface area contributed by atoms with E-state index in [1.54, 1.807) is 17.7 Å². The Morgan fingerprint density at radius 1 is 1.04 bits per heavy atom. The number of hydrogen-bond donors (Lipinski definition) is 0. The van der Waals surface area contributed by atoms with E-state index >= 15 is 0 Å². The number of rotatable bonds is 4. The van der Waals surface area contributed by atoms with Crippen molar-refractivity contribution >= 4 is 17.3 Å². The normalized spacial score (nSPS) is 10.2. The van der Waals surface area contributed by atoms with Crippen LogP contribution >= 0.6 is 0 Å². The van der Waals surface area contributed by atoms with Crippen LogP contribution in [0.5, 0.6) is 5.75 Å². The topological polar surface area (TPSA) is 70.8 Å². The summed E-state index contributed by atoms with van der Waals surface area (Å²) in [7, 11) is 1.57. The van der Waals surface area contributed by atoms with Crippen LogP contribution in [0.1, 0.15) is 32.0 Å². The summed E-state index contributed by atoms with van der Waals surface area (Å²) < 4.78 is 7.20. The van der Waals surface area contributed by atoms with E-state index in [0.29, 0.717) is 17.0 Å². The summed E-state index contributed by atoms with van der Waals surface area (Å²) in [4.78, 5) is 23.7. The molecule has 5 nitrogen and oxygen atoms in total. The summed E-state index contributed by atoms with van der Waals surface area (Å²) in [6.07, 6.45) is 1.80. The van der Waals surface area contributed by atoms with Gasteiger partial charge in [0.05, 0.1) is 18.6 Å². The van der Waals surface area contributed by atoms with Crippen molar-refractivity contribution in [1.29, 1.82) is 0 Å². The first-order valence-electron chi connectivity index (χ1n) is 7.04. The van der Waals surface area contributed by atoms with E-state index in [9.17, 15) is 14.7 Å². The first kappa shape index (κ1) is 18.3. The third kappa shape index (κ3) is 2.98. The molecule has 0 aliphatic heterocycles. The van der Waals surface area contributed by atoms with Gasteiger partial charge in [-0.1, -0.05) is 30.3 Å². The maximum Gasteiger partial charge on any atom is 1.00 e. The molecule has 2 heterocycles. The molecule has 0 amide bonds. The molecule has 3 aromatic rings. The molecule has 0 fully saturated rings. The molecule has 1 aromatic carbocycles. The number of ketones is 1. The van der Waals surface area contributed by atoms with Gasteiger partial charge in [0, 0.05) is 17.3 Å². The predicted octanol–water partition coefficient (Wildman–Crippen LogP) is -1.15. The molecule has 0 aliphatic carbocycles. The van der Waals surface area contributed by atoms with Crippen molar-refractivity contribution in [3.63, 3.8) is 0 Å². The third-order valence-electron chi connectivity index (χ3n) is 3.83. The van der Waals surface area contributed by atoms with Gasteiger partial charge in [-0.05, 0) is 24.6 Å². The molecule has 6 heteroatoms. The molecule has 0 spiro atoms. The molecule has 0 radical (unpaired) electrons. The molecule has 0 N–H and O–H groups in total. The minimum atomic E-state index is -1.27. The van der Waals surface area contributed by atoms with Crippen molar-refractivity contribution in [2.24, 2.45) is 0 Å². The smallest absolute Gasteiger partial charge is 0.545 e. The molecule has 116 valence electrons. The van der Waals surface area contributed by atoms with Gasteiger partial charge in [0.15, 0.2) is 0 Å². The van der Waals surface area contributed by atoms with E-state index in [-0.39, 0.29) is 40.9 Å². The zero-order valence-corrected chi connectivity index (χ0v) is 15.7. The fraction of sp³-hybridized carbons (Fsp3) is 0.111. The van der Waals surface area contributed by atoms with E-state index in [0.717, 1.165) is 11.1 Å². The van der Waals surface area contributed by atoms with Crippen molar-refractivity contribution < 1.29 is 49.0 Å². The Morgan fingerprint density at radius 2 is 1.67 bits per heavy atom. The van der Waals surface area contributed by atoms with Crippen LogP contribution in [-0.2, 0) is 0 Å². The maximum atomic E-state index is 12.9. The average molecular weight is 331 g/mol. The van der Waals surface area contributed by atoms with Crippen LogP contribution in [0.4, 0.5) is 0 Å². The van der Waals surface area contributed by atoms with Gasteiger partial charge in [-0.3, -0.25) is 4.79 Å². The Balaban J connectivity index is 0.00000208. The van der Waals surface area contributed by atoms with Gasteiger partial charge in [0.25, 0.3) is 0 Å². The number of fused-ring (bicyclic) bond motifs is 1. The summed E-state index contributed by atoms with van der Waals surface area (Å²) in [6.45, 7) is 1.83. The summed E-state index contributed by atoms with van der Waals surface area (Å²) in [5, 5.41) is 10.8. The van der Waals surface area contributed by atoms with E-state index in [4.69, 9.17) is 4.74 Å². The molecular weight excluding hydrogens is 317 g/mol. The van der Waals surface area contributed by atoms with Gasteiger partial charge in [0.2, 0.25) is 5.78 Å². The number of carboxylic acid groups (broad SMARTS) is 1. The second-order valence-electron chi connectivity index (χ2n) is 5.16. The number of carbonyl (C=O) groups excluding carboxylic acids is 2. The van der Waals surface area contributed by atoms with E-state index in [1.807, 2.05) is 25.1 Å². The van der Waals surface area contributed by atoms with Gasteiger partial charge in [-0.2, -0.15) is 0 Å². The maximum absolute atomic E-state index is 12.9. The Labute approximate surface area is 161 Å². The number of carbonyl (C=O) groups is 2. The Morgan fingerprint density at radius 3 is 2.25 bits per heavy atom. The average Bonchev–Trinajstić information content (AvgIpc) is 2.85. The molecule has 0 saturated heterocycles. The number of methoxy groups -OCH3 is 1. The van der Waals surface area contributed by atoms with Crippen LogP contribution in [0.15, 0.2) is 48.7 Å². The van der Waals surface area contributed by atoms with Gasteiger partial charge in [-0.25, -0.2) is 0 Å². The molecule has 24 heavy (non-hydrogen) atoms. The Kier molecular flexibility index (Phi) is 5.49. The second-order valence-corrected chi connectivity index (χ2v) is 5.16. The summed E-state index contributed by atoms with van der Waals surface area (Å²) in [5.74, 6) is -0.813. The summed E-state index contributed by atoms with van der Waals surface area (Å²) >= 11 is 0. The van der Waals surface area contributed by atoms with Crippen molar-refractivity contribution in [3.05, 3.63) is 71.0 Å². The molecule has 0 bridgehead atoms. The van der Waals surface area contributed by atoms with Gasteiger partial charge in [-0.15, -0.1) is 0 Å². The summed E-state index contributed by atoms with van der Waals surface area (Å²) in [6, 6.07) is 11.3. The Hall–Kier alpha value is -2.08. The third-order valence-corrected chi connectivity index (χ3v) is 3.83. The van der Waals surface area contributed by atoms with Crippen molar-refractivity contribution in [2.45, 2.75) is 6.92 Å². The summed E-state index contributed by atoms with van der Waals surface area (Å²) in [5.41, 5.74) is 2.49. The number of nitrogens with zero attached hydrogens (tertiary/aromatic N) is 1. The van der Waals surface area contributed by atoms with Crippen LogP contribution in [-0.4, -0.2) is 23.3 Å². The number of aromatic nitrogens is 1. The van der Waals surface area contributed by atoms with Crippen molar-refractivity contribution in [3.8, 4) is 5.75 Å². The molecule has 0 saturated carbocycles. The van der Waals surface area contributed by atoms with E-state index in [2.05, 4.69) is 0 Å². The largest absolute Gasteiger partial charge is 1.00 e. The van der Waals surface area contributed by atoms with Gasteiger partial charge in [0.1, 0.15) is 11.4 Å². The van der Waals surface area contributed by atoms with Crippen LogP contribution in [0.25, 0.3) is 5.52 Å². The van der Waals surface area contributed by atoms with Crippen LogP contribution in [0, 0.1) is 6.92 Å². The minimum Gasteiger partial charge on any atom is -0.545 e. The van der Waals surface area contributed by atoms with Crippen molar-refractivity contribution in [2.75, 3.05) is 7.11 Å². The number of pyridine rings is 1. The van der Waals surface area contributed by atoms with Gasteiger partial charge >= 0.3 is 29.6 Å². The second kappa shape index (κ2) is 7.21. The molecule has 0 atom stereocenters. The number of carboxylic acids is 1. The fourth-order valence-corrected chi connectivity index (χ4v) is 2.74. The van der Waals surface area contributed by atoms with Crippen LogP contribution in [0.3, 0.4) is 0 Å². The number of ether oxygens (including phenoxy) is 1. The monoisotopic (exact) mass is 331 g/mol. The first-order chi connectivity index (χ1) is 11.0. The quantitative estimate of drug-likeness (QED) is 0.447.